The quantitative estimate of drug-likeness (QED) is 0.718. The van der Waals surface area contributed by atoms with Crippen LogP contribution < -0.4 is 10.2 Å². The van der Waals surface area contributed by atoms with E-state index in [9.17, 15) is 5.21 Å². The molecule has 6 heteroatoms. The molecule has 0 spiro atoms. The molecule has 2 aromatic rings. The molecule has 0 amide bonds. The van der Waals surface area contributed by atoms with Gasteiger partial charge in [0.25, 0.3) is 0 Å². The van der Waals surface area contributed by atoms with E-state index in [4.69, 9.17) is 14.5 Å². The average Bonchev–Trinajstić information content (AvgIpc) is 2.86. The first-order valence-corrected chi connectivity index (χ1v) is 8.24. The van der Waals surface area contributed by atoms with Gasteiger partial charge in [-0.15, -0.1) is 0 Å². The number of benzene rings is 1. The summed E-state index contributed by atoms with van der Waals surface area (Å²) in [5.41, 5.74) is 5.48. The second-order valence-corrected chi connectivity index (χ2v) is 6.10. The topological polar surface area (TPSA) is 68.5 Å². The Morgan fingerprint density at radius 2 is 2.08 bits per heavy atom. The van der Waals surface area contributed by atoms with Crippen molar-refractivity contribution in [2.75, 3.05) is 19.2 Å². The number of methoxy groups -OCH3 is 1. The molecule has 0 atom stereocenters. The Bertz CT molecular complexity index is 658. The zero-order valence-electron chi connectivity index (χ0n) is 15.1. The third-order valence-electron chi connectivity index (χ3n) is 3.81. The molecule has 1 aromatic heterocycles. The highest BCUT2D eigenvalue weighted by Crippen LogP contribution is 2.39. The average molecular weight is 333 g/mol. The number of hydrogen-bond donors (Lipinski definition) is 2. The second-order valence-electron chi connectivity index (χ2n) is 6.10. The van der Waals surface area contributed by atoms with Gasteiger partial charge in [-0.25, -0.2) is 4.98 Å². The van der Waals surface area contributed by atoms with E-state index >= 15 is 0 Å². The third kappa shape index (κ3) is 3.71. The van der Waals surface area contributed by atoms with Gasteiger partial charge in [0, 0.05) is 13.2 Å². The molecule has 1 heterocycles. The Morgan fingerprint density at radius 3 is 2.67 bits per heavy atom. The van der Waals surface area contributed by atoms with Crippen molar-refractivity contribution in [3.8, 4) is 17.0 Å². The van der Waals surface area contributed by atoms with Gasteiger partial charge in [-0.3, -0.25) is 10.7 Å². The van der Waals surface area contributed by atoms with Gasteiger partial charge in [0.1, 0.15) is 18.2 Å². The van der Waals surface area contributed by atoms with Gasteiger partial charge in [0.2, 0.25) is 0 Å². The van der Waals surface area contributed by atoms with E-state index in [1.807, 2.05) is 32.0 Å². The van der Waals surface area contributed by atoms with Crippen molar-refractivity contribution in [1.29, 1.82) is 0 Å². The van der Waals surface area contributed by atoms with Crippen molar-refractivity contribution in [3.63, 3.8) is 0 Å². The predicted molar refractivity (Wildman–Crippen MR) is 94.5 cm³/mol. The van der Waals surface area contributed by atoms with Crippen molar-refractivity contribution < 1.29 is 14.7 Å². The van der Waals surface area contributed by atoms with Gasteiger partial charge >= 0.3 is 0 Å². The Balaban J connectivity index is 2.67. The molecular formula is C18H27N3O3. The molecule has 0 unspecified atom stereocenters. The van der Waals surface area contributed by atoms with E-state index in [0.29, 0.717) is 30.6 Å². The van der Waals surface area contributed by atoms with Crippen LogP contribution in [0.3, 0.4) is 0 Å². The number of nitrogens with one attached hydrogen (secondary N) is 1. The van der Waals surface area contributed by atoms with Crippen LogP contribution in [0.1, 0.15) is 32.3 Å². The summed E-state index contributed by atoms with van der Waals surface area (Å²) in [4.78, 5) is 4.70. The fourth-order valence-corrected chi connectivity index (χ4v) is 2.85. The van der Waals surface area contributed by atoms with Crippen LogP contribution in [-0.4, -0.2) is 28.5 Å². The summed E-state index contributed by atoms with van der Waals surface area (Å²) in [7, 11) is 1.62. The first kappa shape index (κ1) is 18.3. The summed E-state index contributed by atoms with van der Waals surface area (Å²) in [6.45, 7) is 10.2. The fraction of sp³-hybridized carbons (Fsp3) is 0.500. The summed E-state index contributed by atoms with van der Waals surface area (Å²) in [6.07, 6.45) is 0. The Hall–Kier alpha value is -2.05. The molecule has 0 aliphatic rings. The van der Waals surface area contributed by atoms with E-state index in [1.165, 1.54) is 0 Å². The van der Waals surface area contributed by atoms with Gasteiger partial charge in [-0.2, -0.15) is 0 Å². The maximum absolute atomic E-state index is 9.55. The zero-order chi connectivity index (χ0) is 17.7. The highest BCUT2D eigenvalue weighted by atomic mass is 16.5. The Kier molecular flexibility index (Phi) is 6.23. The lowest BCUT2D eigenvalue weighted by atomic mass is 10.1. The normalized spacial score (nSPS) is 11.1. The number of imidazole rings is 1. The smallest absolute Gasteiger partial charge is 0.135 e. The lowest BCUT2D eigenvalue weighted by molar-refractivity contribution is 0.125. The van der Waals surface area contributed by atoms with Crippen LogP contribution in [0, 0.1) is 12.8 Å². The number of ether oxygens (including phenoxy) is 2. The molecule has 6 nitrogen and oxygen atoms in total. The van der Waals surface area contributed by atoms with Crippen LogP contribution in [0.4, 0.5) is 5.69 Å². The number of anilines is 1. The van der Waals surface area contributed by atoms with Crippen LogP contribution in [0.5, 0.6) is 5.75 Å². The molecule has 2 N–H and O–H groups in total. The standard InChI is InChI=1S/C18H27N3O3/c1-6-24-11-16-19-13(4)18(21(16)10-12(2)3)17-14(20-22)8-7-9-15(17)23-5/h7-9,12,20,22H,6,10-11H2,1-5H3. The number of hydrogen-bond acceptors (Lipinski definition) is 5. The SMILES string of the molecule is CCOCc1nc(C)c(-c2c(NO)cccc2OC)n1CC(C)C. The Morgan fingerprint density at radius 1 is 1.33 bits per heavy atom. The van der Waals surface area contributed by atoms with E-state index < -0.39 is 0 Å². The lowest BCUT2D eigenvalue weighted by Crippen LogP contribution is -2.12. The minimum absolute atomic E-state index is 0.443. The van der Waals surface area contributed by atoms with Crippen molar-refractivity contribution in [1.82, 2.24) is 9.55 Å². The number of rotatable bonds is 8. The van der Waals surface area contributed by atoms with Crippen LogP contribution in [-0.2, 0) is 17.9 Å². The minimum Gasteiger partial charge on any atom is -0.496 e. The van der Waals surface area contributed by atoms with Gasteiger partial charge in [-0.1, -0.05) is 19.9 Å². The van der Waals surface area contributed by atoms with E-state index in [2.05, 4.69) is 23.9 Å². The summed E-state index contributed by atoms with van der Waals surface area (Å²) >= 11 is 0. The van der Waals surface area contributed by atoms with Crippen LogP contribution in [0.2, 0.25) is 0 Å². The molecule has 0 aliphatic heterocycles. The van der Waals surface area contributed by atoms with Crippen molar-refractivity contribution in [2.45, 2.75) is 40.8 Å². The summed E-state index contributed by atoms with van der Waals surface area (Å²) in [6, 6.07) is 5.53. The van der Waals surface area contributed by atoms with Crippen LogP contribution >= 0.6 is 0 Å². The molecule has 0 bridgehead atoms. The third-order valence-corrected chi connectivity index (χ3v) is 3.81. The molecule has 24 heavy (non-hydrogen) atoms. The van der Waals surface area contributed by atoms with Crippen LogP contribution in [0.25, 0.3) is 11.3 Å². The maximum atomic E-state index is 9.55. The number of nitrogens with zero attached hydrogens (tertiary/aromatic N) is 2. The van der Waals surface area contributed by atoms with Crippen molar-refractivity contribution >= 4 is 5.69 Å². The first-order chi connectivity index (χ1) is 11.5. The largest absolute Gasteiger partial charge is 0.496 e. The maximum Gasteiger partial charge on any atom is 0.135 e. The van der Waals surface area contributed by atoms with E-state index in [1.54, 1.807) is 7.11 Å². The van der Waals surface area contributed by atoms with Crippen molar-refractivity contribution in [3.05, 3.63) is 29.7 Å². The zero-order valence-corrected chi connectivity index (χ0v) is 15.1. The van der Waals surface area contributed by atoms with Gasteiger partial charge in [-0.05, 0) is 31.9 Å². The highest BCUT2D eigenvalue weighted by molar-refractivity contribution is 5.82. The molecule has 0 radical (unpaired) electrons. The van der Waals surface area contributed by atoms with Gasteiger partial charge < -0.3 is 14.0 Å². The van der Waals surface area contributed by atoms with E-state index in [-0.39, 0.29) is 0 Å². The van der Waals surface area contributed by atoms with E-state index in [0.717, 1.165) is 29.3 Å². The molecule has 0 saturated heterocycles. The highest BCUT2D eigenvalue weighted by Gasteiger charge is 2.22. The molecule has 0 aliphatic carbocycles. The molecule has 1 aromatic carbocycles. The fourth-order valence-electron chi connectivity index (χ4n) is 2.85. The summed E-state index contributed by atoms with van der Waals surface area (Å²) in [5.74, 6) is 2.01. The lowest BCUT2D eigenvalue weighted by Gasteiger charge is -2.18. The van der Waals surface area contributed by atoms with Gasteiger partial charge in [0.05, 0.1) is 29.7 Å². The number of aryl methyl sites for hydroxylation is 1. The summed E-state index contributed by atoms with van der Waals surface area (Å²) in [5, 5.41) is 9.55. The van der Waals surface area contributed by atoms with Crippen molar-refractivity contribution in [2.24, 2.45) is 5.92 Å². The summed E-state index contributed by atoms with van der Waals surface area (Å²) < 4.78 is 13.3. The molecule has 0 fully saturated rings. The number of aromatic nitrogens is 2. The molecule has 132 valence electrons. The monoisotopic (exact) mass is 333 g/mol. The second kappa shape index (κ2) is 8.17. The van der Waals surface area contributed by atoms with Gasteiger partial charge in [0.15, 0.2) is 0 Å². The first-order valence-electron chi connectivity index (χ1n) is 8.24. The molecular weight excluding hydrogens is 306 g/mol. The minimum atomic E-state index is 0.443. The Labute approximate surface area is 143 Å². The predicted octanol–water partition coefficient (Wildman–Crippen LogP) is 3.86. The van der Waals surface area contributed by atoms with Crippen LogP contribution in [0.15, 0.2) is 18.2 Å². The molecule has 0 saturated carbocycles. The molecule has 2 rings (SSSR count).